The molecule has 7 heteroatoms. The number of fused-ring (bicyclic) bond motifs is 12. The van der Waals surface area contributed by atoms with Gasteiger partial charge in [-0.1, -0.05) is 133 Å². The van der Waals surface area contributed by atoms with Crippen LogP contribution in [0.4, 0.5) is 0 Å². The summed E-state index contributed by atoms with van der Waals surface area (Å²) in [6, 6.07) is 63.4. The van der Waals surface area contributed by atoms with Crippen LogP contribution in [0.2, 0.25) is 0 Å². The molecule has 7 nitrogen and oxygen atoms in total. The topological polar surface area (TPSA) is 66.3 Å². The van der Waals surface area contributed by atoms with E-state index in [4.69, 9.17) is 19.9 Å². The van der Waals surface area contributed by atoms with Crippen molar-refractivity contribution in [3.63, 3.8) is 0 Å². The molecule has 0 fully saturated rings. The molecule has 0 aliphatic carbocycles. The molecule has 266 valence electrons. The van der Waals surface area contributed by atoms with Crippen LogP contribution in [0.15, 0.2) is 188 Å². The van der Waals surface area contributed by atoms with Gasteiger partial charge in [0.2, 0.25) is 5.95 Å². The van der Waals surface area contributed by atoms with Crippen LogP contribution in [0.1, 0.15) is 0 Å². The normalized spacial score (nSPS) is 11.9. The second-order valence-corrected chi connectivity index (χ2v) is 14.3. The zero-order valence-electron chi connectivity index (χ0n) is 30.5. The lowest BCUT2D eigenvalue weighted by atomic mass is 10.0. The maximum Gasteiger partial charge on any atom is 0.240 e. The molecule has 0 bridgehead atoms. The number of hydrogen-bond donors (Lipinski definition) is 0. The van der Waals surface area contributed by atoms with Crippen molar-refractivity contribution >= 4 is 65.5 Å². The molecule has 0 saturated carbocycles. The third kappa shape index (κ3) is 4.60. The molecule has 0 aliphatic rings. The molecule has 5 aromatic heterocycles. The Morgan fingerprint density at radius 2 is 0.772 bits per heavy atom. The Morgan fingerprint density at radius 1 is 0.333 bits per heavy atom. The van der Waals surface area contributed by atoms with E-state index in [2.05, 4.69) is 129 Å². The highest BCUT2D eigenvalue weighted by atomic mass is 15.2. The molecule has 5 heterocycles. The first-order valence-corrected chi connectivity index (χ1v) is 19.1. The highest BCUT2D eigenvalue weighted by Gasteiger charge is 2.30. The van der Waals surface area contributed by atoms with Crippen LogP contribution in [0.3, 0.4) is 0 Å². The molecule has 0 aliphatic heterocycles. The van der Waals surface area contributed by atoms with Crippen LogP contribution < -0.4 is 0 Å². The van der Waals surface area contributed by atoms with Gasteiger partial charge >= 0.3 is 0 Å². The minimum absolute atomic E-state index is 0.495. The standard InChI is InChI=1S/C50H31N7/c1-5-18-32(19-6-1)47-52-48(33-20-7-2-8-21-33)54-50(53-47)57-46-43(38-28-17-31-51-49(38)57)44-41(36-26-13-15-29-39(36)55(44)34-22-9-3-10-23-34)42-37-27-14-16-30-40(37)56(45(42)46)35-24-11-4-12-25-35/h1-31H. The number of para-hydroxylation sites is 4. The van der Waals surface area contributed by atoms with Gasteiger partial charge in [0, 0.05) is 61.0 Å². The monoisotopic (exact) mass is 729 g/mol. The minimum atomic E-state index is 0.495. The third-order valence-electron chi connectivity index (χ3n) is 11.1. The predicted molar refractivity (Wildman–Crippen MR) is 232 cm³/mol. The second-order valence-electron chi connectivity index (χ2n) is 14.3. The Balaban J connectivity index is 1.39. The quantitative estimate of drug-likeness (QED) is 0.177. The Morgan fingerprint density at radius 3 is 1.33 bits per heavy atom. The molecule has 7 aromatic carbocycles. The van der Waals surface area contributed by atoms with Gasteiger partial charge in [-0.15, -0.1) is 0 Å². The van der Waals surface area contributed by atoms with Gasteiger partial charge in [-0.25, -0.2) is 9.97 Å². The largest absolute Gasteiger partial charge is 0.309 e. The van der Waals surface area contributed by atoms with Gasteiger partial charge in [0.15, 0.2) is 11.6 Å². The lowest BCUT2D eigenvalue weighted by molar-refractivity contribution is 0.944. The number of aromatic nitrogens is 7. The summed E-state index contributed by atoms with van der Waals surface area (Å²) in [6.45, 7) is 0. The van der Waals surface area contributed by atoms with Crippen LogP contribution in [-0.2, 0) is 0 Å². The van der Waals surface area contributed by atoms with Gasteiger partial charge in [-0.05, 0) is 48.5 Å². The molecule has 0 unspecified atom stereocenters. The SMILES string of the molecule is c1ccc(-c2nc(-c3ccccc3)nc(-n3c4ncccc4c4c5c(c6ccccc6n5-c5ccccc5)c5c6ccccc6n(-c6ccccc6)c5c43)n2)cc1. The van der Waals surface area contributed by atoms with Gasteiger partial charge < -0.3 is 9.13 Å². The van der Waals surface area contributed by atoms with Crippen LogP contribution in [0.25, 0.3) is 106 Å². The summed E-state index contributed by atoms with van der Waals surface area (Å²) in [7, 11) is 0. The number of pyridine rings is 1. The van der Waals surface area contributed by atoms with Crippen LogP contribution in [-0.4, -0.2) is 33.6 Å². The fourth-order valence-electron chi connectivity index (χ4n) is 8.81. The molecular weight excluding hydrogens is 699 g/mol. The second kappa shape index (κ2) is 12.3. The van der Waals surface area contributed by atoms with Crippen LogP contribution >= 0.6 is 0 Å². The number of rotatable bonds is 5. The summed E-state index contributed by atoms with van der Waals surface area (Å²) in [5, 5.41) is 6.77. The summed E-state index contributed by atoms with van der Waals surface area (Å²) in [6.07, 6.45) is 1.86. The number of hydrogen-bond acceptors (Lipinski definition) is 4. The molecule has 57 heavy (non-hydrogen) atoms. The van der Waals surface area contributed by atoms with E-state index in [0.717, 1.165) is 77.3 Å². The number of nitrogens with zero attached hydrogens (tertiary/aromatic N) is 7. The van der Waals surface area contributed by atoms with Crippen molar-refractivity contribution in [1.29, 1.82) is 0 Å². The van der Waals surface area contributed by atoms with Crippen molar-refractivity contribution in [3.05, 3.63) is 188 Å². The Labute approximate surface area is 326 Å². The zero-order chi connectivity index (χ0) is 37.5. The lowest BCUT2D eigenvalue weighted by Gasteiger charge is -2.14. The van der Waals surface area contributed by atoms with Crippen molar-refractivity contribution in [1.82, 2.24) is 33.6 Å². The third-order valence-corrected chi connectivity index (χ3v) is 11.1. The van der Waals surface area contributed by atoms with Crippen molar-refractivity contribution in [2.24, 2.45) is 0 Å². The van der Waals surface area contributed by atoms with Gasteiger partial charge in [-0.2, -0.15) is 9.97 Å². The van der Waals surface area contributed by atoms with Crippen molar-refractivity contribution in [3.8, 4) is 40.1 Å². The first kappa shape index (κ1) is 31.5. The van der Waals surface area contributed by atoms with Gasteiger partial charge in [0.25, 0.3) is 0 Å². The smallest absolute Gasteiger partial charge is 0.240 e. The van der Waals surface area contributed by atoms with Crippen molar-refractivity contribution < 1.29 is 0 Å². The average molecular weight is 730 g/mol. The first-order chi connectivity index (χ1) is 28.3. The fourth-order valence-corrected chi connectivity index (χ4v) is 8.81. The van der Waals surface area contributed by atoms with Gasteiger partial charge in [-0.3, -0.25) is 4.57 Å². The molecule has 0 saturated heterocycles. The highest BCUT2D eigenvalue weighted by Crippen LogP contribution is 2.49. The van der Waals surface area contributed by atoms with E-state index in [-0.39, 0.29) is 0 Å². The predicted octanol–water partition coefficient (Wildman–Crippen LogP) is 11.9. The highest BCUT2D eigenvalue weighted by molar-refractivity contribution is 6.40. The van der Waals surface area contributed by atoms with Gasteiger partial charge in [0.05, 0.1) is 27.6 Å². The van der Waals surface area contributed by atoms with E-state index in [1.807, 2.05) is 72.9 Å². The summed E-state index contributed by atoms with van der Waals surface area (Å²) >= 11 is 0. The van der Waals surface area contributed by atoms with E-state index in [1.165, 1.54) is 10.8 Å². The lowest BCUT2D eigenvalue weighted by Crippen LogP contribution is -2.08. The molecule has 0 N–H and O–H groups in total. The van der Waals surface area contributed by atoms with Crippen LogP contribution in [0.5, 0.6) is 0 Å². The summed E-state index contributed by atoms with van der Waals surface area (Å²) in [5.41, 5.74) is 10.1. The van der Waals surface area contributed by atoms with E-state index in [1.54, 1.807) is 0 Å². The zero-order valence-corrected chi connectivity index (χ0v) is 30.5. The summed E-state index contributed by atoms with van der Waals surface area (Å²) in [5.74, 6) is 1.67. The van der Waals surface area contributed by atoms with Crippen molar-refractivity contribution in [2.45, 2.75) is 0 Å². The minimum Gasteiger partial charge on any atom is -0.309 e. The Bertz CT molecular complexity index is 3440. The molecular formula is C50H31N7. The molecule has 0 radical (unpaired) electrons. The van der Waals surface area contributed by atoms with E-state index in [0.29, 0.717) is 17.6 Å². The number of benzene rings is 7. The summed E-state index contributed by atoms with van der Waals surface area (Å²) < 4.78 is 7.02. The van der Waals surface area contributed by atoms with Crippen LogP contribution in [0, 0.1) is 0 Å². The maximum atomic E-state index is 5.32. The first-order valence-electron chi connectivity index (χ1n) is 19.1. The Hall–Kier alpha value is -7.90. The molecule has 0 amide bonds. The van der Waals surface area contributed by atoms with E-state index >= 15 is 0 Å². The average Bonchev–Trinajstić information content (AvgIpc) is 3.94. The van der Waals surface area contributed by atoms with Crippen molar-refractivity contribution in [2.75, 3.05) is 0 Å². The van der Waals surface area contributed by atoms with E-state index in [9.17, 15) is 0 Å². The fraction of sp³-hybridized carbons (Fsp3) is 0. The maximum absolute atomic E-state index is 5.32. The Kier molecular flexibility index (Phi) is 6.79. The van der Waals surface area contributed by atoms with E-state index < -0.39 is 0 Å². The molecule has 0 atom stereocenters. The van der Waals surface area contributed by atoms with Gasteiger partial charge in [0.1, 0.15) is 5.65 Å². The summed E-state index contributed by atoms with van der Waals surface area (Å²) in [4.78, 5) is 20.9. The molecule has 0 spiro atoms. The molecule has 12 rings (SSSR count). The molecule has 12 aromatic rings.